The number of benzene rings is 1. The molecule has 2 rings (SSSR count). The Labute approximate surface area is 125 Å². The number of furan rings is 1. The molecule has 3 nitrogen and oxygen atoms in total. The number of nitrogens with zero attached hydrogens (tertiary/aromatic N) is 1. The van der Waals surface area contributed by atoms with E-state index < -0.39 is 0 Å². The first kappa shape index (κ1) is 15.7. The first-order valence-corrected chi connectivity index (χ1v) is 7.26. The molecule has 0 aliphatic carbocycles. The molecule has 114 valence electrons. The summed E-state index contributed by atoms with van der Waals surface area (Å²) in [6, 6.07) is 9.08. The molecular weight excluding hydrogens is 267 g/mol. The Morgan fingerprint density at radius 2 is 1.86 bits per heavy atom. The van der Waals surface area contributed by atoms with Crippen molar-refractivity contribution < 1.29 is 8.81 Å². The molecule has 0 fully saturated rings. The first-order chi connectivity index (χ1) is 10.0. The standard InChI is InChI=1S/C17H23FN2O/c1-13(2)19-10-17-15(8-9-21-17)12-20(3)11-14-4-6-16(18)7-5-14/h4-9,13,19H,10-12H2,1-3H3. The van der Waals surface area contributed by atoms with Crippen LogP contribution < -0.4 is 5.32 Å². The second-order valence-electron chi connectivity index (χ2n) is 5.70. The third-order valence-electron chi connectivity index (χ3n) is 3.31. The molecule has 1 N–H and O–H groups in total. The third kappa shape index (κ3) is 4.99. The molecule has 0 aliphatic rings. The van der Waals surface area contributed by atoms with E-state index >= 15 is 0 Å². The van der Waals surface area contributed by atoms with Gasteiger partial charge in [-0.2, -0.15) is 0 Å². The lowest BCUT2D eigenvalue weighted by Gasteiger charge is -2.17. The van der Waals surface area contributed by atoms with Gasteiger partial charge in [-0.3, -0.25) is 4.90 Å². The molecule has 4 heteroatoms. The van der Waals surface area contributed by atoms with Crippen LogP contribution in [0, 0.1) is 5.82 Å². The SMILES string of the molecule is CC(C)NCc1occc1CN(C)Cc1ccc(F)cc1. The fourth-order valence-corrected chi connectivity index (χ4v) is 2.21. The van der Waals surface area contributed by atoms with E-state index in [0.717, 1.165) is 31.0 Å². The Balaban J connectivity index is 1.91. The summed E-state index contributed by atoms with van der Waals surface area (Å²) in [6.45, 7) is 6.56. The summed E-state index contributed by atoms with van der Waals surface area (Å²) in [6.07, 6.45) is 1.73. The molecule has 1 heterocycles. The molecule has 0 spiro atoms. The highest BCUT2D eigenvalue weighted by molar-refractivity contribution is 5.18. The average Bonchev–Trinajstić information content (AvgIpc) is 2.86. The van der Waals surface area contributed by atoms with Crippen LogP contribution in [0.4, 0.5) is 4.39 Å². The summed E-state index contributed by atoms with van der Waals surface area (Å²) >= 11 is 0. The lowest BCUT2D eigenvalue weighted by molar-refractivity contribution is 0.314. The van der Waals surface area contributed by atoms with Crippen molar-refractivity contribution in [2.75, 3.05) is 7.05 Å². The third-order valence-corrected chi connectivity index (χ3v) is 3.31. The molecule has 0 atom stereocenters. The highest BCUT2D eigenvalue weighted by atomic mass is 19.1. The molecule has 1 aromatic heterocycles. The zero-order valence-electron chi connectivity index (χ0n) is 12.9. The van der Waals surface area contributed by atoms with Crippen LogP contribution in [-0.2, 0) is 19.6 Å². The van der Waals surface area contributed by atoms with E-state index in [9.17, 15) is 4.39 Å². The normalized spacial score (nSPS) is 11.5. The van der Waals surface area contributed by atoms with Crippen molar-refractivity contribution in [3.05, 3.63) is 59.3 Å². The van der Waals surface area contributed by atoms with Gasteiger partial charge in [-0.1, -0.05) is 26.0 Å². The first-order valence-electron chi connectivity index (χ1n) is 7.26. The van der Waals surface area contributed by atoms with Gasteiger partial charge in [-0.25, -0.2) is 4.39 Å². The highest BCUT2D eigenvalue weighted by Gasteiger charge is 2.10. The number of hydrogen-bond donors (Lipinski definition) is 1. The molecule has 2 aromatic rings. The molecule has 0 unspecified atom stereocenters. The topological polar surface area (TPSA) is 28.4 Å². The average molecular weight is 290 g/mol. The van der Waals surface area contributed by atoms with E-state index in [0.29, 0.717) is 6.04 Å². The van der Waals surface area contributed by atoms with Crippen LogP contribution >= 0.6 is 0 Å². The maximum atomic E-state index is 12.9. The second kappa shape index (κ2) is 7.38. The maximum Gasteiger partial charge on any atom is 0.123 e. The van der Waals surface area contributed by atoms with E-state index in [1.54, 1.807) is 6.26 Å². The Kier molecular flexibility index (Phi) is 5.53. The number of rotatable bonds is 7. The molecule has 0 amide bonds. The smallest absolute Gasteiger partial charge is 0.123 e. The minimum atomic E-state index is -0.196. The quantitative estimate of drug-likeness (QED) is 0.845. The van der Waals surface area contributed by atoms with Gasteiger partial charge < -0.3 is 9.73 Å². The summed E-state index contributed by atoms with van der Waals surface area (Å²) in [5.41, 5.74) is 2.29. The summed E-state index contributed by atoms with van der Waals surface area (Å²) in [5, 5.41) is 3.36. The monoisotopic (exact) mass is 290 g/mol. The largest absolute Gasteiger partial charge is 0.468 e. The van der Waals surface area contributed by atoms with E-state index in [2.05, 4.69) is 31.1 Å². The molecule has 0 saturated carbocycles. The predicted molar refractivity (Wildman–Crippen MR) is 82.3 cm³/mol. The van der Waals surface area contributed by atoms with Crippen LogP contribution in [-0.4, -0.2) is 18.0 Å². The highest BCUT2D eigenvalue weighted by Crippen LogP contribution is 2.14. The van der Waals surface area contributed by atoms with E-state index in [4.69, 9.17) is 4.42 Å². The Bertz CT molecular complexity index is 548. The number of halogens is 1. The molecular formula is C17H23FN2O. The lowest BCUT2D eigenvalue weighted by atomic mass is 10.2. The van der Waals surface area contributed by atoms with Crippen LogP contribution in [0.3, 0.4) is 0 Å². The molecule has 21 heavy (non-hydrogen) atoms. The van der Waals surface area contributed by atoms with Crippen molar-refractivity contribution in [3.63, 3.8) is 0 Å². The Morgan fingerprint density at radius 1 is 1.14 bits per heavy atom. The lowest BCUT2D eigenvalue weighted by Crippen LogP contribution is -2.23. The molecule has 1 aromatic carbocycles. The van der Waals surface area contributed by atoms with Gasteiger partial charge in [0.2, 0.25) is 0 Å². The maximum absolute atomic E-state index is 12.9. The summed E-state index contributed by atoms with van der Waals surface area (Å²) in [5.74, 6) is 0.785. The van der Waals surface area contributed by atoms with Crippen molar-refractivity contribution in [1.29, 1.82) is 0 Å². The minimum Gasteiger partial charge on any atom is -0.468 e. The summed E-state index contributed by atoms with van der Waals surface area (Å²) < 4.78 is 18.4. The summed E-state index contributed by atoms with van der Waals surface area (Å²) in [7, 11) is 2.05. The molecule has 0 radical (unpaired) electrons. The van der Waals surface area contributed by atoms with Gasteiger partial charge in [-0.05, 0) is 30.8 Å². The van der Waals surface area contributed by atoms with Crippen LogP contribution in [0.15, 0.2) is 41.0 Å². The van der Waals surface area contributed by atoms with Crippen LogP contribution in [0.2, 0.25) is 0 Å². The van der Waals surface area contributed by atoms with Gasteiger partial charge in [0.1, 0.15) is 11.6 Å². The van der Waals surface area contributed by atoms with Crippen molar-refractivity contribution in [2.45, 2.75) is 39.5 Å². The van der Waals surface area contributed by atoms with E-state index in [-0.39, 0.29) is 5.82 Å². The van der Waals surface area contributed by atoms with Gasteiger partial charge in [0.05, 0.1) is 12.8 Å². The van der Waals surface area contributed by atoms with Crippen LogP contribution in [0.5, 0.6) is 0 Å². The van der Waals surface area contributed by atoms with Crippen LogP contribution in [0.1, 0.15) is 30.7 Å². The minimum absolute atomic E-state index is 0.196. The van der Waals surface area contributed by atoms with Gasteiger partial charge >= 0.3 is 0 Å². The second-order valence-corrected chi connectivity index (χ2v) is 5.70. The van der Waals surface area contributed by atoms with Crippen molar-refractivity contribution in [3.8, 4) is 0 Å². The zero-order valence-corrected chi connectivity index (χ0v) is 12.9. The van der Waals surface area contributed by atoms with Crippen molar-refractivity contribution in [1.82, 2.24) is 10.2 Å². The molecule has 0 aliphatic heterocycles. The van der Waals surface area contributed by atoms with E-state index in [1.165, 1.54) is 17.7 Å². The van der Waals surface area contributed by atoms with Gasteiger partial charge in [0.15, 0.2) is 0 Å². The zero-order chi connectivity index (χ0) is 15.2. The van der Waals surface area contributed by atoms with Gasteiger partial charge in [0.25, 0.3) is 0 Å². The predicted octanol–water partition coefficient (Wildman–Crippen LogP) is 3.55. The van der Waals surface area contributed by atoms with Crippen LogP contribution in [0.25, 0.3) is 0 Å². The molecule has 0 bridgehead atoms. The molecule has 0 saturated heterocycles. The summed E-state index contributed by atoms with van der Waals surface area (Å²) in [4.78, 5) is 2.19. The number of nitrogens with one attached hydrogen (secondary N) is 1. The Hall–Kier alpha value is -1.65. The van der Waals surface area contributed by atoms with Crippen molar-refractivity contribution in [2.24, 2.45) is 0 Å². The van der Waals surface area contributed by atoms with Crippen molar-refractivity contribution >= 4 is 0 Å². The Morgan fingerprint density at radius 3 is 2.52 bits per heavy atom. The van der Waals surface area contributed by atoms with Gasteiger partial charge in [-0.15, -0.1) is 0 Å². The fourth-order valence-electron chi connectivity index (χ4n) is 2.21. The van der Waals surface area contributed by atoms with Gasteiger partial charge in [0, 0.05) is 24.7 Å². The fraction of sp³-hybridized carbons (Fsp3) is 0.412. The van der Waals surface area contributed by atoms with E-state index in [1.807, 2.05) is 18.2 Å². The number of hydrogen-bond acceptors (Lipinski definition) is 3.